The summed E-state index contributed by atoms with van der Waals surface area (Å²) >= 11 is 0. The molecule has 7 nitrogen and oxygen atoms in total. The van der Waals surface area contributed by atoms with Crippen molar-refractivity contribution in [1.29, 1.82) is 0 Å². The third kappa shape index (κ3) is 3.53. The highest BCUT2D eigenvalue weighted by atomic mass is 19.1. The number of methoxy groups -OCH3 is 1. The standard InChI is InChI=1S/C17H19FN4O3/c1-19-16-15(20-5-6-21-16)14-10-22(7-8-25-14)17(23)12-9-11(18)3-4-13(12)24-2/h3-6,9,14H,7-8,10H2,1-2H3,(H,19,21). The number of ether oxygens (including phenoxy) is 2. The fraction of sp³-hybridized carbons (Fsp3) is 0.353. The maximum absolute atomic E-state index is 13.6. The van der Waals surface area contributed by atoms with Crippen LogP contribution in [0.5, 0.6) is 5.75 Å². The lowest BCUT2D eigenvalue weighted by molar-refractivity contribution is -0.0246. The van der Waals surface area contributed by atoms with Gasteiger partial charge in [-0.1, -0.05) is 0 Å². The van der Waals surface area contributed by atoms with Crippen LogP contribution in [0.25, 0.3) is 0 Å². The first-order valence-corrected chi connectivity index (χ1v) is 7.87. The van der Waals surface area contributed by atoms with Crippen LogP contribution >= 0.6 is 0 Å². The Labute approximate surface area is 144 Å². The summed E-state index contributed by atoms with van der Waals surface area (Å²) in [6, 6.07) is 3.89. The number of hydrogen-bond acceptors (Lipinski definition) is 6. The Kier molecular flexibility index (Phi) is 5.08. The molecule has 0 saturated carbocycles. The molecule has 2 aromatic rings. The van der Waals surface area contributed by atoms with Crippen LogP contribution in [0.15, 0.2) is 30.6 Å². The van der Waals surface area contributed by atoms with Crippen molar-refractivity contribution in [3.63, 3.8) is 0 Å². The first-order chi connectivity index (χ1) is 12.1. The molecule has 1 atom stereocenters. The molecule has 8 heteroatoms. The van der Waals surface area contributed by atoms with E-state index in [0.29, 0.717) is 37.0 Å². The summed E-state index contributed by atoms with van der Waals surface area (Å²) in [6.45, 7) is 1.06. The topological polar surface area (TPSA) is 76.6 Å². The van der Waals surface area contributed by atoms with Gasteiger partial charge in [0.1, 0.15) is 29.2 Å². The third-order valence-corrected chi connectivity index (χ3v) is 4.01. The molecule has 1 aliphatic rings. The van der Waals surface area contributed by atoms with Crippen molar-refractivity contribution < 1.29 is 18.7 Å². The molecule has 1 aromatic heterocycles. The maximum Gasteiger partial charge on any atom is 0.257 e. The number of anilines is 1. The number of morpholine rings is 1. The smallest absolute Gasteiger partial charge is 0.257 e. The first-order valence-electron chi connectivity index (χ1n) is 7.87. The Bertz CT molecular complexity index is 771. The predicted octanol–water partition coefficient (Wildman–Crippen LogP) is 1.88. The van der Waals surface area contributed by atoms with E-state index in [1.165, 1.54) is 25.3 Å². The minimum absolute atomic E-state index is 0.191. The summed E-state index contributed by atoms with van der Waals surface area (Å²) in [4.78, 5) is 23.0. The van der Waals surface area contributed by atoms with E-state index in [4.69, 9.17) is 9.47 Å². The molecule has 0 spiro atoms. The Morgan fingerprint density at radius 3 is 2.96 bits per heavy atom. The molecule has 3 rings (SSSR count). The fourth-order valence-corrected chi connectivity index (χ4v) is 2.79. The lowest BCUT2D eigenvalue weighted by Gasteiger charge is -2.33. The second kappa shape index (κ2) is 7.43. The number of halogens is 1. The fourth-order valence-electron chi connectivity index (χ4n) is 2.79. The van der Waals surface area contributed by atoms with Gasteiger partial charge < -0.3 is 19.7 Å². The van der Waals surface area contributed by atoms with E-state index in [1.54, 1.807) is 24.3 Å². The average molecular weight is 346 g/mol. The number of nitrogens with one attached hydrogen (secondary N) is 1. The Morgan fingerprint density at radius 1 is 1.40 bits per heavy atom. The van der Waals surface area contributed by atoms with Crippen LogP contribution in [0.4, 0.5) is 10.2 Å². The molecule has 1 saturated heterocycles. The highest BCUT2D eigenvalue weighted by Gasteiger charge is 2.30. The summed E-state index contributed by atoms with van der Waals surface area (Å²) in [5.41, 5.74) is 0.824. The Morgan fingerprint density at radius 2 is 2.20 bits per heavy atom. The molecule has 0 aliphatic carbocycles. The highest BCUT2D eigenvalue weighted by Crippen LogP contribution is 2.27. The Balaban J connectivity index is 1.84. The number of benzene rings is 1. The second-order valence-electron chi connectivity index (χ2n) is 5.50. The van der Waals surface area contributed by atoms with Crippen molar-refractivity contribution >= 4 is 11.7 Å². The molecule has 0 bridgehead atoms. The van der Waals surface area contributed by atoms with Gasteiger partial charge in [-0.2, -0.15) is 0 Å². The van der Waals surface area contributed by atoms with E-state index in [1.807, 2.05) is 0 Å². The van der Waals surface area contributed by atoms with Gasteiger partial charge in [-0.05, 0) is 18.2 Å². The summed E-state index contributed by atoms with van der Waals surface area (Å²) < 4.78 is 24.5. The molecule has 0 radical (unpaired) electrons. The minimum atomic E-state index is -0.486. The third-order valence-electron chi connectivity index (χ3n) is 4.01. The van der Waals surface area contributed by atoms with Gasteiger partial charge in [0.05, 0.1) is 25.8 Å². The van der Waals surface area contributed by atoms with Crippen molar-refractivity contribution in [3.05, 3.63) is 47.7 Å². The normalized spacial score (nSPS) is 17.2. The van der Waals surface area contributed by atoms with Crippen molar-refractivity contribution in [1.82, 2.24) is 14.9 Å². The zero-order chi connectivity index (χ0) is 17.8. The summed E-state index contributed by atoms with van der Waals surface area (Å²) in [5, 5.41) is 2.97. The average Bonchev–Trinajstić information content (AvgIpc) is 2.67. The number of amides is 1. The van der Waals surface area contributed by atoms with Gasteiger partial charge in [0.15, 0.2) is 0 Å². The molecule has 1 aliphatic heterocycles. The van der Waals surface area contributed by atoms with Crippen molar-refractivity contribution in [2.75, 3.05) is 39.2 Å². The minimum Gasteiger partial charge on any atom is -0.496 e. The van der Waals surface area contributed by atoms with E-state index in [2.05, 4.69) is 15.3 Å². The molecule has 1 aromatic carbocycles. The number of carbonyl (C=O) groups excluding carboxylic acids is 1. The molecular weight excluding hydrogens is 327 g/mol. The first kappa shape index (κ1) is 17.1. The van der Waals surface area contributed by atoms with Gasteiger partial charge in [-0.3, -0.25) is 9.78 Å². The molecule has 25 heavy (non-hydrogen) atoms. The van der Waals surface area contributed by atoms with Crippen LogP contribution in [0.2, 0.25) is 0 Å². The van der Waals surface area contributed by atoms with E-state index in [9.17, 15) is 9.18 Å². The summed E-state index contributed by atoms with van der Waals surface area (Å²) in [7, 11) is 3.20. The van der Waals surface area contributed by atoms with Gasteiger partial charge in [0, 0.05) is 26.0 Å². The van der Waals surface area contributed by atoms with Crippen LogP contribution in [0, 0.1) is 5.82 Å². The van der Waals surface area contributed by atoms with Crippen LogP contribution in [-0.4, -0.2) is 54.6 Å². The molecule has 1 unspecified atom stereocenters. The lowest BCUT2D eigenvalue weighted by Crippen LogP contribution is -2.42. The molecule has 1 N–H and O–H groups in total. The Hall–Kier alpha value is -2.74. The largest absolute Gasteiger partial charge is 0.496 e. The predicted molar refractivity (Wildman–Crippen MR) is 89.1 cm³/mol. The zero-order valence-electron chi connectivity index (χ0n) is 14.0. The second-order valence-corrected chi connectivity index (χ2v) is 5.50. The number of hydrogen-bond donors (Lipinski definition) is 1. The number of rotatable bonds is 4. The van der Waals surface area contributed by atoms with Gasteiger partial charge >= 0.3 is 0 Å². The van der Waals surface area contributed by atoms with Crippen molar-refractivity contribution in [2.24, 2.45) is 0 Å². The maximum atomic E-state index is 13.6. The molecule has 2 heterocycles. The summed E-state index contributed by atoms with van der Waals surface area (Å²) in [5.74, 6) is 0.148. The lowest BCUT2D eigenvalue weighted by atomic mass is 10.1. The van der Waals surface area contributed by atoms with E-state index in [-0.39, 0.29) is 11.5 Å². The van der Waals surface area contributed by atoms with Crippen LogP contribution < -0.4 is 10.1 Å². The molecular formula is C17H19FN4O3. The van der Waals surface area contributed by atoms with E-state index >= 15 is 0 Å². The van der Waals surface area contributed by atoms with Gasteiger partial charge in [-0.15, -0.1) is 0 Å². The van der Waals surface area contributed by atoms with Crippen LogP contribution in [-0.2, 0) is 4.74 Å². The molecule has 1 fully saturated rings. The molecule has 1 amide bonds. The monoisotopic (exact) mass is 346 g/mol. The highest BCUT2D eigenvalue weighted by molar-refractivity contribution is 5.97. The van der Waals surface area contributed by atoms with Gasteiger partial charge in [0.25, 0.3) is 5.91 Å². The number of aromatic nitrogens is 2. The number of carbonyl (C=O) groups is 1. The van der Waals surface area contributed by atoms with Crippen LogP contribution in [0.3, 0.4) is 0 Å². The van der Waals surface area contributed by atoms with Gasteiger partial charge in [0.2, 0.25) is 0 Å². The quantitative estimate of drug-likeness (QED) is 0.911. The van der Waals surface area contributed by atoms with Crippen molar-refractivity contribution in [2.45, 2.75) is 6.10 Å². The molecule has 132 valence electrons. The summed E-state index contributed by atoms with van der Waals surface area (Å²) in [6.07, 6.45) is 2.75. The SMILES string of the molecule is CNc1nccnc1C1CN(C(=O)c2cc(F)ccc2OC)CCO1. The van der Waals surface area contributed by atoms with E-state index in [0.717, 1.165) is 0 Å². The van der Waals surface area contributed by atoms with E-state index < -0.39 is 11.9 Å². The van der Waals surface area contributed by atoms with Crippen molar-refractivity contribution in [3.8, 4) is 5.75 Å². The van der Waals surface area contributed by atoms with Gasteiger partial charge in [-0.25, -0.2) is 9.37 Å². The van der Waals surface area contributed by atoms with Crippen LogP contribution in [0.1, 0.15) is 22.2 Å². The zero-order valence-corrected chi connectivity index (χ0v) is 14.0. The number of nitrogens with zero attached hydrogens (tertiary/aromatic N) is 3.